The highest BCUT2D eigenvalue weighted by Gasteiger charge is 2.08. The van der Waals surface area contributed by atoms with Gasteiger partial charge in [0.1, 0.15) is 5.82 Å². The molecule has 0 bridgehead atoms. The number of aromatic nitrogens is 2. The minimum atomic E-state index is 0.747. The Balaban J connectivity index is 2.13. The van der Waals surface area contributed by atoms with Gasteiger partial charge in [-0.25, -0.2) is 4.98 Å². The van der Waals surface area contributed by atoms with Crippen molar-refractivity contribution in [2.45, 2.75) is 20.0 Å². The molecular formula is C13H18N4S. The molecule has 4 nitrogen and oxygen atoms in total. The van der Waals surface area contributed by atoms with E-state index >= 15 is 0 Å². The first kappa shape index (κ1) is 13.0. The molecule has 0 spiro atoms. The van der Waals surface area contributed by atoms with Gasteiger partial charge in [0.25, 0.3) is 0 Å². The van der Waals surface area contributed by atoms with E-state index in [9.17, 15) is 0 Å². The summed E-state index contributed by atoms with van der Waals surface area (Å²) < 4.78 is 0. The van der Waals surface area contributed by atoms with Crippen LogP contribution in [0.5, 0.6) is 0 Å². The lowest BCUT2D eigenvalue weighted by molar-refractivity contribution is 0.763. The molecule has 0 fully saturated rings. The molecule has 0 radical (unpaired) electrons. The summed E-state index contributed by atoms with van der Waals surface area (Å²) in [7, 11) is 1.91. The number of nitrogens with one attached hydrogen (secondary N) is 1. The van der Waals surface area contributed by atoms with Crippen LogP contribution < -0.4 is 10.2 Å². The van der Waals surface area contributed by atoms with Crippen molar-refractivity contribution in [1.82, 2.24) is 15.3 Å². The topological polar surface area (TPSA) is 41.1 Å². The van der Waals surface area contributed by atoms with Crippen LogP contribution in [0.25, 0.3) is 0 Å². The van der Waals surface area contributed by atoms with Crippen molar-refractivity contribution in [1.29, 1.82) is 0 Å². The van der Waals surface area contributed by atoms with Gasteiger partial charge < -0.3 is 10.2 Å². The molecule has 0 aliphatic rings. The van der Waals surface area contributed by atoms with Crippen LogP contribution in [0.15, 0.2) is 29.9 Å². The second-order valence-corrected chi connectivity index (χ2v) is 5.02. The third kappa shape index (κ3) is 3.27. The Kier molecular flexibility index (Phi) is 4.66. The van der Waals surface area contributed by atoms with Gasteiger partial charge in [-0.3, -0.25) is 4.98 Å². The van der Waals surface area contributed by atoms with Crippen LogP contribution in [-0.2, 0) is 13.1 Å². The molecule has 0 atom stereocenters. The standard InChI is InChI=1S/C13H18N4S/c1-3-17(10-12-5-4-6-18-12)13-9-15-8-11(16-13)7-14-2/h4-6,8-9,14H,3,7,10H2,1-2H3. The SMILES string of the molecule is CCN(Cc1cccs1)c1cncc(CNC)n1. The van der Waals surface area contributed by atoms with Gasteiger partial charge in [-0.15, -0.1) is 11.3 Å². The van der Waals surface area contributed by atoms with Crippen molar-refractivity contribution in [3.63, 3.8) is 0 Å². The fraction of sp³-hybridized carbons (Fsp3) is 0.385. The third-order valence-electron chi connectivity index (χ3n) is 2.66. The fourth-order valence-corrected chi connectivity index (χ4v) is 2.48. The van der Waals surface area contributed by atoms with Crippen molar-refractivity contribution in [3.05, 3.63) is 40.5 Å². The fourth-order valence-electron chi connectivity index (χ4n) is 1.76. The van der Waals surface area contributed by atoms with E-state index < -0.39 is 0 Å². The lowest BCUT2D eigenvalue weighted by Crippen LogP contribution is -2.23. The Morgan fingerprint density at radius 2 is 2.28 bits per heavy atom. The molecule has 2 rings (SSSR count). The molecule has 0 amide bonds. The Morgan fingerprint density at radius 1 is 1.39 bits per heavy atom. The van der Waals surface area contributed by atoms with Gasteiger partial charge in [0.15, 0.2) is 0 Å². The van der Waals surface area contributed by atoms with Crippen molar-refractivity contribution in [3.8, 4) is 0 Å². The second kappa shape index (κ2) is 6.47. The normalized spacial score (nSPS) is 10.6. The number of hydrogen-bond acceptors (Lipinski definition) is 5. The average Bonchev–Trinajstić information content (AvgIpc) is 2.89. The molecule has 2 heterocycles. The first-order chi connectivity index (χ1) is 8.83. The molecule has 0 unspecified atom stereocenters. The van der Waals surface area contributed by atoms with Gasteiger partial charge in [0.05, 0.1) is 18.4 Å². The van der Waals surface area contributed by atoms with Crippen molar-refractivity contribution in [2.75, 3.05) is 18.5 Å². The summed E-state index contributed by atoms with van der Waals surface area (Å²) >= 11 is 1.77. The van der Waals surface area contributed by atoms with E-state index in [-0.39, 0.29) is 0 Å². The van der Waals surface area contributed by atoms with E-state index in [1.54, 1.807) is 17.5 Å². The lowest BCUT2D eigenvalue weighted by atomic mass is 10.4. The summed E-state index contributed by atoms with van der Waals surface area (Å²) in [5, 5.41) is 5.20. The number of hydrogen-bond donors (Lipinski definition) is 1. The zero-order chi connectivity index (χ0) is 12.8. The highest BCUT2D eigenvalue weighted by Crippen LogP contribution is 2.17. The zero-order valence-corrected chi connectivity index (χ0v) is 11.6. The van der Waals surface area contributed by atoms with E-state index in [2.05, 4.69) is 44.6 Å². The summed E-state index contributed by atoms with van der Waals surface area (Å²) in [6.45, 7) is 4.71. The molecule has 0 aliphatic carbocycles. The summed E-state index contributed by atoms with van der Waals surface area (Å²) in [5.74, 6) is 0.943. The van der Waals surface area contributed by atoms with Crippen LogP contribution in [0.3, 0.4) is 0 Å². The van der Waals surface area contributed by atoms with E-state index in [0.29, 0.717) is 0 Å². The van der Waals surface area contributed by atoms with Gasteiger partial charge in [0.2, 0.25) is 0 Å². The number of rotatable bonds is 6. The highest BCUT2D eigenvalue weighted by atomic mass is 32.1. The molecule has 0 aliphatic heterocycles. The van der Waals surface area contributed by atoms with Gasteiger partial charge >= 0.3 is 0 Å². The van der Waals surface area contributed by atoms with Crippen molar-refractivity contribution < 1.29 is 0 Å². The summed E-state index contributed by atoms with van der Waals surface area (Å²) in [4.78, 5) is 12.5. The Bertz CT molecular complexity index is 470. The number of thiophene rings is 1. The van der Waals surface area contributed by atoms with E-state index in [1.165, 1.54) is 4.88 Å². The molecule has 5 heteroatoms. The lowest BCUT2D eigenvalue weighted by Gasteiger charge is -2.21. The predicted molar refractivity (Wildman–Crippen MR) is 75.8 cm³/mol. The molecule has 0 aromatic carbocycles. The highest BCUT2D eigenvalue weighted by molar-refractivity contribution is 7.09. The Labute approximate surface area is 112 Å². The Morgan fingerprint density at radius 3 is 2.94 bits per heavy atom. The van der Waals surface area contributed by atoms with Crippen molar-refractivity contribution >= 4 is 17.2 Å². The molecule has 0 saturated heterocycles. The first-order valence-electron chi connectivity index (χ1n) is 6.06. The molecular weight excluding hydrogens is 244 g/mol. The third-order valence-corrected chi connectivity index (χ3v) is 3.52. The van der Waals surface area contributed by atoms with Gasteiger partial charge in [0, 0.05) is 24.2 Å². The first-order valence-corrected chi connectivity index (χ1v) is 6.94. The van der Waals surface area contributed by atoms with E-state index in [1.807, 2.05) is 13.2 Å². The monoisotopic (exact) mass is 262 g/mol. The maximum absolute atomic E-state index is 4.62. The minimum absolute atomic E-state index is 0.747. The second-order valence-electron chi connectivity index (χ2n) is 3.99. The minimum Gasteiger partial charge on any atom is -0.350 e. The summed E-state index contributed by atoms with van der Waals surface area (Å²) in [6.07, 6.45) is 3.63. The largest absolute Gasteiger partial charge is 0.350 e. The number of anilines is 1. The molecule has 18 heavy (non-hydrogen) atoms. The van der Waals surface area contributed by atoms with Crippen LogP contribution in [0.1, 0.15) is 17.5 Å². The van der Waals surface area contributed by atoms with Gasteiger partial charge in [-0.2, -0.15) is 0 Å². The Hall–Kier alpha value is -1.46. The summed E-state index contributed by atoms with van der Waals surface area (Å²) in [6, 6.07) is 4.23. The molecule has 1 N–H and O–H groups in total. The van der Waals surface area contributed by atoms with E-state index in [0.717, 1.165) is 31.1 Å². The maximum atomic E-state index is 4.62. The van der Waals surface area contributed by atoms with Gasteiger partial charge in [-0.05, 0) is 25.4 Å². The number of nitrogens with zero attached hydrogens (tertiary/aromatic N) is 3. The van der Waals surface area contributed by atoms with Crippen LogP contribution >= 0.6 is 11.3 Å². The average molecular weight is 262 g/mol. The smallest absolute Gasteiger partial charge is 0.147 e. The zero-order valence-electron chi connectivity index (χ0n) is 10.8. The molecule has 0 saturated carbocycles. The van der Waals surface area contributed by atoms with E-state index in [4.69, 9.17) is 0 Å². The molecule has 2 aromatic rings. The van der Waals surface area contributed by atoms with Crippen molar-refractivity contribution in [2.24, 2.45) is 0 Å². The van der Waals surface area contributed by atoms with Crippen LogP contribution in [-0.4, -0.2) is 23.6 Å². The van der Waals surface area contributed by atoms with Crippen LogP contribution in [0.2, 0.25) is 0 Å². The maximum Gasteiger partial charge on any atom is 0.147 e. The molecule has 96 valence electrons. The summed E-state index contributed by atoms with van der Waals surface area (Å²) in [5.41, 5.74) is 0.972. The van der Waals surface area contributed by atoms with Crippen LogP contribution in [0.4, 0.5) is 5.82 Å². The van der Waals surface area contributed by atoms with Crippen LogP contribution in [0, 0.1) is 0 Å². The quantitative estimate of drug-likeness (QED) is 0.867. The molecule has 2 aromatic heterocycles. The van der Waals surface area contributed by atoms with Gasteiger partial charge in [-0.1, -0.05) is 6.07 Å². The predicted octanol–water partition coefficient (Wildman–Crippen LogP) is 2.28.